The molecule has 0 spiro atoms. The number of primary amides is 1. The largest absolute Gasteiger partial charge is 0.444 e. The van der Waals surface area contributed by atoms with Crippen molar-refractivity contribution in [2.24, 2.45) is 29.2 Å². The molecule has 0 radical (unpaired) electrons. The summed E-state index contributed by atoms with van der Waals surface area (Å²) >= 11 is 0. The fourth-order valence-electron chi connectivity index (χ4n) is 3.62. The second-order valence-electron chi connectivity index (χ2n) is 7.72. The normalized spacial score (nSPS) is 28.7. The maximum absolute atomic E-state index is 12.1. The van der Waals surface area contributed by atoms with Crippen molar-refractivity contribution in [2.75, 3.05) is 0 Å². The Hall–Kier alpha value is -1.34. The number of aliphatic hydroxyl groups is 1. The molecule has 0 aromatic rings. The van der Waals surface area contributed by atoms with Gasteiger partial charge in [-0.25, -0.2) is 4.79 Å². The summed E-state index contributed by atoms with van der Waals surface area (Å²) in [7, 11) is 0. The second-order valence-corrected chi connectivity index (χ2v) is 7.72. The van der Waals surface area contributed by atoms with Crippen LogP contribution in [0, 0.1) is 17.8 Å². The first-order chi connectivity index (χ1) is 11.0. The van der Waals surface area contributed by atoms with Gasteiger partial charge in [0.05, 0.1) is 12.0 Å². The molecule has 0 aromatic carbocycles. The zero-order chi connectivity index (χ0) is 18.7. The SMILES string of the molecule is CCC(CC)[C@H](N)[C@@H]1[C@H](O)[C@@H](C(N)=O)C[C@H]1NC(=O)OC(C)(C)C. The van der Waals surface area contributed by atoms with E-state index < -0.39 is 41.6 Å². The molecule has 0 aliphatic heterocycles. The van der Waals surface area contributed by atoms with Crippen LogP contribution in [0.15, 0.2) is 0 Å². The van der Waals surface area contributed by atoms with Crippen molar-refractivity contribution in [1.82, 2.24) is 5.32 Å². The van der Waals surface area contributed by atoms with Gasteiger partial charge in [-0.05, 0) is 33.1 Å². The first kappa shape index (κ1) is 20.7. The molecular formula is C17H33N3O4. The van der Waals surface area contributed by atoms with Crippen molar-refractivity contribution in [3.05, 3.63) is 0 Å². The quantitative estimate of drug-likeness (QED) is 0.575. The van der Waals surface area contributed by atoms with Gasteiger partial charge in [-0.15, -0.1) is 0 Å². The zero-order valence-corrected chi connectivity index (χ0v) is 15.4. The third-order valence-corrected chi connectivity index (χ3v) is 4.88. The van der Waals surface area contributed by atoms with Crippen molar-refractivity contribution < 1.29 is 19.4 Å². The lowest BCUT2D eigenvalue weighted by Crippen LogP contribution is -2.51. The number of ether oxygens (including phenoxy) is 1. The van der Waals surface area contributed by atoms with E-state index in [1.54, 1.807) is 20.8 Å². The molecule has 7 nitrogen and oxygen atoms in total. The number of rotatable bonds is 6. The highest BCUT2D eigenvalue weighted by atomic mass is 16.6. The van der Waals surface area contributed by atoms with Crippen LogP contribution in [0.1, 0.15) is 53.9 Å². The van der Waals surface area contributed by atoms with E-state index in [-0.39, 0.29) is 18.4 Å². The highest BCUT2D eigenvalue weighted by Gasteiger charge is 2.49. The lowest BCUT2D eigenvalue weighted by atomic mass is 9.81. The van der Waals surface area contributed by atoms with Crippen LogP contribution in [0.5, 0.6) is 0 Å². The van der Waals surface area contributed by atoms with Crippen LogP contribution in [0.2, 0.25) is 0 Å². The molecular weight excluding hydrogens is 310 g/mol. The van der Waals surface area contributed by atoms with E-state index in [4.69, 9.17) is 16.2 Å². The molecule has 7 heteroatoms. The lowest BCUT2D eigenvalue weighted by molar-refractivity contribution is -0.124. The lowest BCUT2D eigenvalue weighted by Gasteiger charge is -2.33. The van der Waals surface area contributed by atoms with Crippen LogP contribution in [-0.4, -0.2) is 40.9 Å². The fourth-order valence-corrected chi connectivity index (χ4v) is 3.62. The van der Waals surface area contributed by atoms with Crippen LogP contribution in [0.3, 0.4) is 0 Å². The monoisotopic (exact) mass is 343 g/mol. The predicted octanol–water partition coefficient (Wildman–Crippen LogP) is 1.13. The second kappa shape index (κ2) is 8.16. The molecule has 0 heterocycles. The Kier molecular flexibility index (Phi) is 7.04. The van der Waals surface area contributed by atoms with E-state index in [0.717, 1.165) is 12.8 Å². The molecule has 1 saturated carbocycles. The third kappa shape index (κ3) is 5.08. The molecule has 0 bridgehead atoms. The fraction of sp³-hybridized carbons (Fsp3) is 0.882. The number of hydrogen-bond donors (Lipinski definition) is 4. The average molecular weight is 343 g/mol. The van der Waals surface area contributed by atoms with E-state index >= 15 is 0 Å². The maximum atomic E-state index is 12.1. The first-order valence-corrected chi connectivity index (χ1v) is 8.74. The van der Waals surface area contributed by atoms with E-state index in [1.807, 2.05) is 13.8 Å². The van der Waals surface area contributed by atoms with Crippen LogP contribution in [0.4, 0.5) is 4.79 Å². The number of alkyl carbamates (subject to hydrolysis) is 1. The van der Waals surface area contributed by atoms with E-state index in [2.05, 4.69) is 5.32 Å². The standard InChI is InChI=1S/C17H33N3O4/c1-6-9(7-2)13(18)12-11(8-10(14(12)21)15(19)22)20-16(23)24-17(3,4)5/h9-14,21H,6-8,18H2,1-5H3,(H2,19,22)(H,20,23)/t10-,11+,12+,13-,14+/m0/s1. The Morgan fingerprint density at radius 3 is 2.25 bits per heavy atom. The molecule has 140 valence electrons. The molecule has 5 atom stereocenters. The highest BCUT2D eigenvalue weighted by Crippen LogP contribution is 2.36. The maximum Gasteiger partial charge on any atom is 0.407 e. The number of carbonyl (C=O) groups is 2. The van der Waals surface area contributed by atoms with Crippen LogP contribution in [0.25, 0.3) is 0 Å². The first-order valence-electron chi connectivity index (χ1n) is 8.74. The summed E-state index contributed by atoms with van der Waals surface area (Å²) in [5.41, 5.74) is 11.2. The molecule has 1 rings (SSSR count). The molecule has 2 amide bonds. The van der Waals surface area contributed by atoms with Crippen molar-refractivity contribution in [1.29, 1.82) is 0 Å². The highest BCUT2D eigenvalue weighted by molar-refractivity contribution is 5.78. The van der Waals surface area contributed by atoms with E-state index in [0.29, 0.717) is 0 Å². The summed E-state index contributed by atoms with van der Waals surface area (Å²) in [6.07, 6.45) is 0.459. The molecule has 1 aliphatic carbocycles. The number of aliphatic hydroxyl groups excluding tert-OH is 1. The van der Waals surface area contributed by atoms with Gasteiger partial charge in [0.2, 0.25) is 5.91 Å². The molecule has 0 aromatic heterocycles. The summed E-state index contributed by atoms with van der Waals surface area (Å²) < 4.78 is 5.28. The Morgan fingerprint density at radius 1 is 1.29 bits per heavy atom. The minimum absolute atomic E-state index is 0.194. The van der Waals surface area contributed by atoms with Gasteiger partial charge < -0.3 is 26.6 Å². The summed E-state index contributed by atoms with van der Waals surface area (Å²) in [6, 6.07) is -0.776. The zero-order valence-electron chi connectivity index (χ0n) is 15.4. The summed E-state index contributed by atoms with van der Waals surface area (Å²) in [4.78, 5) is 23.7. The van der Waals surface area contributed by atoms with Gasteiger partial charge in [-0.1, -0.05) is 26.7 Å². The van der Waals surface area contributed by atoms with Crippen LogP contribution in [-0.2, 0) is 9.53 Å². The summed E-state index contributed by atoms with van der Waals surface area (Å²) in [5, 5.41) is 13.3. The Morgan fingerprint density at radius 2 is 1.83 bits per heavy atom. The van der Waals surface area contributed by atoms with Crippen LogP contribution < -0.4 is 16.8 Å². The molecule has 6 N–H and O–H groups in total. The number of hydrogen-bond acceptors (Lipinski definition) is 5. The van der Waals surface area contributed by atoms with Gasteiger partial charge >= 0.3 is 6.09 Å². The minimum atomic E-state index is -0.960. The number of amides is 2. The topological polar surface area (TPSA) is 128 Å². The van der Waals surface area contributed by atoms with Crippen molar-refractivity contribution in [2.45, 2.75) is 77.7 Å². The van der Waals surface area contributed by atoms with Gasteiger partial charge in [0.25, 0.3) is 0 Å². The Bertz CT molecular complexity index is 446. The van der Waals surface area contributed by atoms with Crippen molar-refractivity contribution >= 4 is 12.0 Å². The van der Waals surface area contributed by atoms with Gasteiger partial charge in [-0.2, -0.15) is 0 Å². The molecule has 0 unspecified atom stereocenters. The van der Waals surface area contributed by atoms with Crippen molar-refractivity contribution in [3.63, 3.8) is 0 Å². The van der Waals surface area contributed by atoms with Crippen LogP contribution >= 0.6 is 0 Å². The molecule has 0 saturated heterocycles. The van der Waals surface area contributed by atoms with E-state index in [9.17, 15) is 14.7 Å². The third-order valence-electron chi connectivity index (χ3n) is 4.88. The average Bonchev–Trinajstić information content (AvgIpc) is 2.74. The molecule has 24 heavy (non-hydrogen) atoms. The van der Waals surface area contributed by atoms with E-state index in [1.165, 1.54) is 0 Å². The molecule has 1 fully saturated rings. The Balaban J connectivity index is 2.96. The number of carbonyl (C=O) groups excluding carboxylic acids is 2. The molecule has 1 aliphatic rings. The summed E-state index contributed by atoms with van der Waals surface area (Å²) in [5.74, 6) is -1.52. The number of nitrogens with one attached hydrogen (secondary N) is 1. The smallest absolute Gasteiger partial charge is 0.407 e. The van der Waals surface area contributed by atoms with Gasteiger partial charge in [0.1, 0.15) is 5.60 Å². The Labute approximate surface area is 144 Å². The van der Waals surface area contributed by atoms with Gasteiger partial charge in [0, 0.05) is 18.0 Å². The number of nitrogens with two attached hydrogens (primary N) is 2. The predicted molar refractivity (Wildman–Crippen MR) is 92.0 cm³/mol. The van der Waals surface area contributed by atoms with Gasteiger partial charge in [-0.3, -0.25) is 4.79 Å². The summed E-state index contributed by atoms with van der Waals surface area (Å²) in [6.45, 7) is 9.40. The van der Waals surface area contributed by atoms with Gasteiger partial charge in [0.15, 0.2) is 0 Å². The minimum Gasteiger partial charge on any atom is -0.444 e. The van der Waals surface area contributed by atoms with Crippen molar-refractivity contribution in [3.8, 4) is 0 Å².